The van der Waals surface area contributed by atoms with E-state index in [2.05, 4.69) is 10.3 Å². The average Bonchev–Trinajstić information content (AvgIpc) is 2.37. The number of rotatable bonds is 5. The van der Waals surface area contributed by atoms with Crippen molar-refractivity contribution < 1.29 is 13.5 Å². The number of pyridine rings is 1. The summed E-state index contributed by atoms with van der Waals surface area (Å²) in [6.07, 6.45) is 1.43. The summed E-state index contributed by atoms with van der Waals surface area (Å²) in [4.78, 5) is 4.11. The van der Waals surface area contributed by atoms with Crippen LogP contribution in [-0.4, -0.2) is 49.1 Å². The fourth-order valence-corrected chi connectivity index (χ4v) is 2.81. The van der Waals surface area contributed by atoms with E-state index in [-0.39, 0.29) is 11.5 Å². The number of likely N-dealkylation sites (N-methyl/N-ethyl adjacent to an activating group) is 1. The first-order valence-corrected chi connectivity index (χ1v) is 6.93. The normalized spacial score (nSPS) is 12.8. The molecule has 2 N–H and O–H groups in total. The molecule has 0 spiro atoms. The molecule has 1 aromatic rings. The predicted molar refractivity (Wildman–Crippen MR) is 69.9 cm³/mol. The van der Waals surface area contributed by atoms with Gasteiger partial charge in [-0.05, 0) is 19.9 Å². The topological polar surface area (TPSA) is 82.5 Å². The highest BCUT2D eigenvalue weighted by Crippen LogP contribution is 2.23. The van der Waals surface area contributed by atoms with Crippen molar-refractivity contribution in [1.29, 1.82) is 0 Å². The molecule has 18 heavy (non-hydrogen) atoms. The van der Waals surface area contributed by atoms with Gasteiger partial charge in [-0.15, -0.1) is 0 Å². The summed E-state index contributed by atoms with van der Waals surface area (Å²) in [6, 6.07) is 2.89. The van der Waals surface area contributed by atoms with Crippen molar-refractivity contribution in [2.24, 2.45) is 0 Å². The quantitative estimate of drug-likeness (QED) is 0.817. The van der Waals surface area contributed by atoms with E-state index in [0.717, 1.165) is 4.31 Å². The van der Waals surface area contributed by atoms with Gasteiger partial charge < -0.3 is 10.4 Å². The molecule has 7 heteroatoms. The highest BCUT2D eigenvalue weighted by Gasteiger charge is 2.33. The van der Waals surface area contributed by atoms with E-state index in [4.69, 9.17) is 0 Å². The Morgan fingerprint density at radius 3 is 2.61 bits per heavy atom. The summed E-state index contributed by atoms with van der Waals surface area (Å²) in [7, 11) is -0.532. The van der Waals surface area contributed by atoms with Gasteiger partial charge in [-0.25, -0.2) is 13.4 Å². The number of aliphatic hydroxyl groups is 1. The molecule has 0 radical (unpaired) electrons. The third-order valence-electron chi connectivity index (χ3n) is 2.89. The van der Waals surface area contributed by atoms with Crippen molar-refractivity contribution in [3.8, 4) is 0 Å². The predicted octanol–water partition coefficient (Wildman–Crippen LogP) is 0.515. The van der Waals surface area contributed by atoms with Crippen LogP contribution in [0.5, 0.6) is 0 Å². The van der Waals surface area contributed by atoms with Gasteiger partial charge in [0.05, 0.1) is 17.0 Å². The molecular formula is C11H19N3O3S. The molecule has 0 aliphatic rings. The maximum atomic E-state index is 12.4. The van der Waals surface area contributed by atoms with Crippen LogP contribution >= 0.6 is 0 Å². The average molecular weight is 273 g/mol. The van der Waals surface area contributed by atoms with Crippen LogP contribution in [0.2, 0.25) is 0 Å². The zero-order chi connectivity index (χ0) is 14.0. The molecule has 102 valence electrons. The van der Waals surface area contributed by atoms with Gasteiger partial charge in [-0.3, -0.25) is 0 Å². The summed E-state index contributed by atoms with van der Waals surface area (Å²) in [5, 5.41) is 12.0. The van der Waals surface area contributed by atoms with Crippen LogP contribution in [0.15, 0.2) is 23.2 Å². The van der Waals surface area contributed by atoms with Crippen LogP contribution in [0, 0.1) is 0 Å². The first-order chi connectivity index (χ1) is 8.25. The maximum absolute atomic E-state index is 12.4. The Bertz CT molecular complexity index is 514. The number of nitrogens with one attached hydrogen (secondary N) is 1. The van der Waals surface area contributed by atoms with E-state index in [9.17, 15) is 13.5 Å². The van der Waals surface area contributed by atoms with E-state index in [0.29, 0.717) is 5.82 Å². The standard InChI is InChI=1S/C11H19N3O3S/c1-11(2,8-15)14(4)18(16,17)9-5-6-13-10(7-9)12-3/h5-7,15H,8H2,1-4H3,(H,12,13). The fraction of sp³-hybridized carbons (Fsp3) is 0.545. The Hall–Kier alpha value is -1.18. The summed E-state index contributed by atoms with van der Waals surface area (Å²) >= 11 is 0. The van der Waals surface area contributed by atoms with Gasteiger partial charge in [-0.1, -0.05) is 0 Å². The number of nitrogens with zero attached hydrogens (tertiary/aromatic N) is 2. The minimum atomic E-state index is -3.65. The van der Waals surface area contributed by atoms with Gasteiger partial charge in [0, 0.05) is 26.4 Å². The SMILES string of the molecule is CNc1cc(S(=O)(=O)N(C)C(C)(C)CO)ccn1. The lowest BCUT2D eigenvalue weighted by Crippen LogP contribution is -2.47. The molecule has 0 fully saturated rings. The molecule has 1 heterocycles. The van der Waals surface area contributed by atoms with Gasteiger partial charge in [0.15, 0.2) is 0 Å². The van der Waals surface area contributed by atoms with E-state index < -0.39 is 15.6 Å². The molecule has 0 saturated heterocycles. The molecule has 0 amide bonds. The number of hydrogen-bond acceptors (Lipinski definition) is 5. The number of sulfonamides is 1. The van der Waals surface area contributed by atoms with Crippen molar-refractivity contribution in [2.75, 3.05) is 26.0 Å². The van der Waals surface area contributed by atoms with Crippen LogP contribution in [0.25, 0.3) is 0 Å². The minimum absolute atomic E-state index is 0.144. The molecule has 0 aliphatic carbocycles. The minimum Gasteiger partial charge on any atom is -0.394 e. The van der Waals surface area contributed by atoms with Gasteiger partial charge in [0.1, 0.15) is 5.82 Å². The first-order valence-electron chi connectivity index (χ1n) is 5.49. The lowest BCUT2D eigenvalue weighted by Gasteiger charge is -2.32. The second kappa shape index (κ2) is 5.21. The monoisotopic (exact) mass is 273 g/mol. The molecule has 0 unspecified atom stereocenters. The highest BCUT2D eigenvalue weighted by atomic mass is 32.2. The van der Waals surface area contributed by atoms with E-state index in [1.54, 1.807) is 20.9 Å². The van der Waals surface area contributed by atoms with Gasteiger partial charge >= 0.3 is 0 Å². The molecule has 0 saturated carbocycles. The molecule has 1 rings (SSSR count). The largest absolute Gasteiger partial charge is 0.394 e. The van der Waals surface area contributed by atoms with Crippen LogP contribution in [0.1, 0.15) is 13.8 Å². The smallest absolute Gasteiger partial charge is 0.243 e. The van der Waals surface area contributed by atoms with Crippen molar-refractivity contribution in [2.45, 2.75) is 24.3 Å². The summed E-state index contributed by atoms with van der Waals surface area (Å²) in [6.45, 7) is 3.06. The Kier molecular flexibility index (Phi) is 4.31. The molecule has 6 nitrogen and oxygen atoms in total. The Labute approximate surface area is 108 Å². The lowest BCUT2D eigenvalue weighted by atomic mass is 10.1. The van der Waals surface area contributed by atoms with Crippen molar-refractivity contribution >= 4 is 15.8 Å². The molecule has 0 aliphatic heterocycles. The van der Waals surface area contributed by atoms with Crippen molar-refractivity contribution in [1.82, 2.24) is 9.29 Å². The van der Waals surface area contributed by atoms with E-state index in [1.165, 1.54) is 25.4 Å². The van der Waals surface area contributed by atoms with Gasteiger partial charge in [-0.2, -0.15) is 4.31 Å². The maximum Gasteiger partial charge on any atom is 0.243 e. The summed E-state index contributed by atoms with van der Waals surface area (Å²) in [5.74, 6) is 0.478. The number of aliphatic hydroxyl groups excluding tert-OH is 1. The molecular weight excluding hydrogens is 254 g/mol. The second-order valence-electron chi connectivity index (χ2n) is 4.57. The molecule has 0 aromatic carbocycles. The van der Waals surface area contributed by atoms with Crippen LogP contribution in [-0.2, 0) is 10.0 Å². The van der Waals surface area contributed by atoms with Crippen LogP contribution in [0.3, 0.4) is 0 Å². The second-order valence-corrected chi connectivity index (χ2v) is 6.54. The lowest BCUT2D eigenvalue weighted by molar-refractivity contribution is 0.138. The van der Waals surface area contributed by atoms with Crippen molar-refractivity contribution in [3.63, 3.8) is 0 Å². The third kappa shape index (κ3) is 2.80. The first kappa shape index (κ1) is 14.9. The van der Waals surface area contributed by atoms with E-state index in [1.807, 2.05) is 0 Å². The van der Waals surface area contributed by atoms with E-state index >= 15 is 0 Å². The molecule has 0 bridgehead atoms. The Morgan fingerprint density at radius 1 is 1.50 bits per heavy atom. The summed E-state index contributed by atoms with van der Waals surface area (Å²) in [5.41, 5.74) is -0.859. The number of hydrogen-bond donors (Lipinski definition) is 2. The van der Waals surface area contributed by atoms with Crippen LogP contribution in [0.4, 0.5) is 5.82 Å². The molecule has 1 aromatic heterocycles. The van der Waals surface area contributed by atoms with Crippen molar-refractivity contribution in [3.05, 3.63) is 18.3 Å². The Morgan fingerprint density at radius 2 is 2.11 bits per heavy atom. The van der Waals surface area contributed by atoms with Gasteiger partial charge in [0.25, 0.3) is 0 Å². The zero-order valence-corrected chi connectivity index (χ0v) is 11.8. The zero-order valence-electron chi connectivity index (χ0n) is 11.0. The Balaban J connectivity index is 3.21. The highest BCUT2D eigenvalue weighted by molar-refractivity contribution is 7.89. The van der Waals surface area contributed by atoms with Gasteiger partial charge in [0.2, 0.25) is 10.0 Å². The number of aromatic nitrogens is 1. The van der Waals surface area contributed by atoms with Crippen LogP contribution < -0.4 is 5.32 Å². The number of anilines is 1. The molecule has 0 atom stereocenters. The third-order valence-corrected chi connectivity index (χ3v) is 4.95. The summed E-state index contributed by atoms with van der Waals surface area (Å²) < 4.78 is 25.9. The fourth-order valence-electron chi connectivity index (χ4n) is 1.29.